The van der Waals surface area contributed by atoms with Crippen molar-refractivity contribution in [3.63, 3.8) is 0 Å². The highest BCUT2D eigenvalue weighted by Crippen LogP contribution is 2.26. The zero-order valence-corrected chi connectivity index (χ0v) is 19.6. The van der Waals surface area contributed by atoms with Crippen LogP contribution in [0.1, 0.15) is 49.4 Å². The average molecular weight is 439 g/mol. The maximum atomic E-state index is 12.5. The number of hydrogen-bond acceptors (Lipinski definition) is 5. The number of amides is 1. The van der Waals surface area contributed by atoms with Crippen molar-refractivity contribution in [1.29, 1.82) is 0 Å². The number of benzene rings is 2. The molecule has 164 valence electrons. The lowest BCUT2D eigenvalue weighted by atomic mass is 10.1. The van der Waals surface area contributed by atoms with Gasteiger partial charge >= 0.3 is 0 Å². The third-order valence-corrected chi connectivity index (χ3v) is 6.19. The van der Waals surface area contributed by atoms with Gasteiger partial charge in [0.25, 0.3) is 0 Å². The molecule has 3 aromatic rings. The first kappa shape index (κ1) is 22.9. The van der Waals surface area contributed by atoms with Gasteiger partial charge in [-0.15, -0.1) is 10.2 Å². The predicted octanol–water partition coefficient (Wildman–Crippen LogP) is 5.35. The van der Waals surface area contributed by atoms with Crippen LogP contribution in [0.5, 0.6) is 5.75 Å². The normalized spacial score (nSPS) is 11.9. The molecule has 0 saturated heterocycles. The van der Waals surface area contributed by atoms with Crippen LogP contribution in [-0.2, 0) is 17.8 Å². The van der Waals surface area contributed by atoms with E-state index in [0.717, 1.165) is 29.2 Å². The SMILES string of the molecule is CCc1ccccc1NC(=O)CSc1nnc(C(C)Oc2ccc(C)c(C)c2)n1CC. The Hall–Kier alpha value is -2.80. The Bertz CT molecular complexity index is 1050. The molecule has 1 unspecified atom stereocenters. The second kappa shape index (κ2) is 10.5. The second-order valence-electron chi connectivity index (χ2n) is 7.44. The third kappa shape index (κ3) is 5.67. The van der Waals surface area contributed by atoms with E-state index in [-0.39, 0.29) is 17.8 Å². The fourth-order valence-electron chi connectivity index (χ4n) is 3.32. The van der Waals surface area contributed by atoms with Crippen molar-refractivity contribution in [2.75, 3.05) is 11.1 Å². The molecule has 0 bridgehead atoms. The Morgan fingerprint density at radius 3 is 2.61 bits per heavy atom. The monoisotopic (exact) mass is 438 g/mol. The number of thioether (sulfide) groups is 1. The molecule has 0 saturated carbocycles. The van der Waals surface area contributed by atoms with Crippen molar-refractivity contribution in [2.24, 2.45) is 0 Å². The number of nitrogens with zero attached hydrogens (tertiary/aromatic N) is 3. The fourth-order valence-corrected chi connectivity index (χ4v) is 4.13. The Kier molecular flexibility index (Phi) is 7.74. The molecule has 1 N–H and O–H groups in total. The average Bonchev–Trinajstić information content (AvgIpc) is 3.18. The van der Waals surface area contributed by atoms with Crippen LogP contribution in [0, 0.1) is 13.8 Å². The molecule has 1 atom stereocenters. The number of para-hydroxylation sites is 1. The van der Waals surface area contributed by atoms with Crippen molar-refractivity contribution in [3.05, 3.63) is 65.0 Å². The van der Waals surface area contributed by atoms with E-state index in [1.54, 1.807) is 0 Å². The number of aromatic nitrogens is 3. The lowest BCUT2D eigenvalue weighted by Crippen LogP contribution is -2.16. The van der Waals surface area contributed by atoms with Crippen LogP contribution in [0.3, 0.4) is 0 Å². The van der Waals surface area contributed by atoms with Crippen molar-refractivity contribution < 1.29 is 9.53 Å². The van der Waals surface area contributed by atoms with Crippen LogP contribution in [-0.4, -0.2) is 26.4 Å². The van der Waals surface area contributed by atoms with Crippen LogP contribution in [0.2, 0.25) is 0 Å². The van der Waals surface area contributed by atoms with E-state index in [1.807, 2.05) is 54.8 Å². The quantitative estimate of drug-likeness (QED) is 0.456. The summed E-state index contributed by atoms with van der Waals surface area (Å²) in [5.41, 5.74) is 4.41. The van der Waals surface area contributed by atoms with Crippen molar-refractivity contribution in [2.45, 2.75) is 58.8 Å². The van der Waals surface area contributed by atoms with Gasteiger partial charge in [0.2, 0.25) is 5.91 Å². The fraction of sp³-hybridized carbons (Fsp3) is 0.375. The molecule has 0 aliphatic heterocycles. The van der Waals surface area contributed by atoms with Gasteiger partial charge in [0.1, 0.15) is 5.75 Å². The minimum Gasteiger partial charge on any atom is -0.483 e. The summed E-state index contributed by atoms with van der Waals surface area (Å²) in [6.45, 7) is 10.9. The number of aryl methyl sites for hydroxylation is 3. The lowest BCUT2D eigenvalue weighted by Gasteiger charge is -2.16. The first-order valence-electron chi connectivity index (χ1n) is 10.6. The molecule has 2 aromatic carbocycles. The second-order valence-corrected chi connectivity index (χ2v) is 8.38. The highest BCUT2D eigenvalue weighted by atomic mass is 32.2. The van der Waals surface area contributed by atoms with Crippen LogP contribution >= 0.6 is 11.8 Å². The van der Waals surface area contributed by atoms with Crippen LogP contribution < -0.4 is 10.1 Å². The van der Waals surface area contributed by atoms with Crippen molar-refractivity contribution in [1.82, 2.24) is 14.8 Å². The Morgan fingerprint density at radius 1 is 1.13 bits per heavy atom. The van der Waals surface area contributed by atoms with Crippen LogP contribution in [0.15, 0.2) is 47.6 Å². The summed E-state index contributed by atoms with van der Waals surface area (Å²) in [7, 11) is 0. The zero-order chi connectivity index (χ0) is 22.4. The number of carbonyl (C=O) groups is 1. The van der Waals surface area contributed by atoms with Crippen LogP contribution in [0.4, 0.5) is 5.69 Å². The molecule has 31 heavy (non-hydrogen) atoms. The Balaban J connectivity index is 1.65. The maximum Gasteiger partial charge on any atom is 0.234 e. The highest BCUT2D eigenvalue weighted by molar-refractivity contribution is 7.99. The topological polar surface area (TPSA) is 69.0 Å². The Morgan fingerprint density at radius 2 is 1.90 bits per heavy atom. The van der Waals surface area contributed by atoms with E-state index in [1.165, 1.54) is 22.9 Å². The summed E-state index contributed by atoms with van der Waals surface area (Å²) in [6.07, 6.45) is 0.615. The van der Waals surface area contributed by atoms with Gasteiger partial charge in [0.15, 0.2) is 17.1 Å². The molecule has 6 nitrogen and oxygen atoms in total. The van der Waals surface area contributed by atoms with Crippen molar-refractivity contribution >= 4 is 23.4 Å². The van der Waals surface area contributed by atoms with E-state index >= 15 is 0 Å². The van der Waals surface area contributed by atoms with Crippen molar-refractivity contribution in [3.8, 4) is 5.75 Å². The van der Waals surface area contributed by atoms with Gasteiger partial charge in [-0.05, 0) is 69.0 Å². The van der Waals surface area contributed by atoms with Gasteiger partial charge in [-0.25, -0.2) is 0 Å². The predicted molar refractivity (Wildman–Crippen MR) is 126 cm³/mol. The van der Waals surface area contributed by atoms with Gasteiger partial charge in [-0.1, -0.05) is 43.0 Å². The van der Waals surface area contributed by atoms with Gasteiger partial charge < -0.3 is 14.6 Å². The molecule has 3 rings (SSSR count). The summed E-state index contributed by atoms with van der Waals surface area (Å²) in [5, 5.41) is 12.4. The third-order valence-electron chi connectivity index (χ3n) is 5.22. The summed E-state index contributed by atoms with van der Waals surface area (Å²) in [6, 6.07) is 13.9. The minimum atomic E-state index is -0.255. The minimum absolute atomic E-state index is 0.0578. The summed E-state index contributed by atoms with van der Waals surface area (Å²) in [5.74, 6) is 1.77. The van der Waals surface area contributed by atoms with Gasteiger partial charge in [-0.3, -0.25) is 4.79 Å². The molecule has 1 aromatic heterocycles. The van der Waals surface area contributed by atoms with E-state index in [2.05, 4.69) is 42.4 Å². The maximum absolute atomic E-state index is 12.5. The highest BCUT2D eigenvalue weighted by Gasteiger charge is 2.20. The summed E-state index contributed by atoms with van der Waals surface area (Å²) >= 11 is 1.38. The molecule has 0 aliphatic carbocycles. The molecule has 1 heterocycles. The van der Waals surface area contributed by atoms with Gasteiger partial charge in [0, 0.05) is 12.2 Å². The van der Waals surface area contributed by atoms with E-state index in [0.29, 0.717) is 11.7 Å². The smallest absolute Gasteiger partial charge is 0.234 e. The number of rotatable bonds is 9. The van der Waals surface area contributed by atoms with Gasteiger partial charge in [0.05, 0.1) is 5.75 Å². The van der Waals surface area contributed by atoms with Gasteiger partial charge in [-0.2, -0.15) is 0 Å². The molecule has 1 amide bonds. The first-order chi connectivity index (χ1) is 14.9. The number of nitrogens with one attached hydrogen (secondary N) is 1. The molecule has 0 spiro atoms. The standard InChI is InChI=1S/C24H30N4O2S/c1-6-19-10-8-9-11-21(19)25-22(29)15-31-24-27-26-23(28(24)7-2)18(5)30-20-13-12-16(3)17(4)14-20/h8-14,18H,6-7,15H2,1-5H3,(H,25,29). The molecular weight excluding hydrogens is 408 g/mol. The summed E-state index contributed by atoms with van der Waals surface area (Å²) in [4.78, 5) is 12.5. The van der Waals surface area contributed by atoms with Crippen LogP contribution in [0.25, 0.3) is 0 Å². The van der Waals surface area contributed by atoms with E-state index in [9.17, 15) is 4.79 Å². The molecule has 0 fully saturated rings. The Labute approximate surface area is 188 Å². The largest absolute Gasteiger partial charge is 0.483 e. The molecule has 7 heteroatoms. The number of carbonyl (C=O) groups excluding carboxylic acids is 1. The molecule has 0 aliphatic rings. The zero-order valence-electron chi connectivity index (χ0n) is 18.8. The molecular formula is C24H30N4O2S. The number of hydrogen-bond donors (Lipinski definition) is 1. The number of ether oxygens (including phenoxy) is 1. The first-order valence-corrected chi connectivity index (χ1v) is 11.6. The van der Waals surface area contributed by atoms with E-state index < -0.39 is 0 Å². The lowest BCUT2D eigenvalue weighted by molar-refractivity contribution is -0.113. The summed E-state index contributed by atoms with van der Waals surface area (Å²) < 4.78 is 8.11. The van der Waals surface area contributed by atoms with E-state index in [4.69, 9.17) is 4.74 Å². The number of anilines is 1. The molecule has 0 radical (unpaired) electrons.